The van der Waals surface area contributed by atoms with Gasteiger partial charge in [-0.1, -0.05) is 36.0 Å². The van der Waals surface area contributed by atoms with Gasteiger partial charge in [0.05, 0.1) is 22.0 Å². The van der Waals surface area contributed by atoms with E-state index in [0.29, 0.717) is 14.2 Å². The number of hydrogen-bond acceptors (Lipinski definition) is 3. The van der Waals surface area contributed by atoms with Crippen molar-refractivity contribution < 1.29 is 9.90 Å². The molecule has 0 aliphatic heterocycles. The van der Waals surface area contributed by atoms with Gasteiger partial charge in [-0.3, -0.25) is 4.79 Å². The second-order valence-corrected chi connectivity index (χ2v) is 6.62. The summed E-state index contributed by atoms with van der Waals surface area (Å²) in [5, 5.41) is 12.3. The fourth-order valence-corrected chi connectivity index (χ4v) is 3.64. The Morgan fingerprint density at radius 2 is 2.12 bits per heavy atom. The molecule has 17 heavy (non-hydrogen) atoms. The van der Waals surface area contributed by atoms with Crippen LogP contribution in [0.25, 0.3) is 0 Å². The summed E-state index contributed by atoms with van der Waals surface area (Å²) in [6.07, 6.45) is 3.67. The number of amides is 1. The third kappa shape index (κ3) is 2.76. The standard InChI is InChI=1S/C11H13Cl2NO2S/c12-8-5-7(9(13)17-8)10(16)14-11(6-15)3-1-2-4-11/h5,15H,1-4,6H2,(H,14,16). The first-order valence-electron chi connectivity index (χ1n) is 5.44. The normalized spacial score (nSPS) is 18.3. The fraction of sp³-hybridized carbons (Fsp3) is 0.545. The summed E-state index contributed by atoms with van der Waals surface area (Å²) in [6, 6.07) is 1.56. The van der Waals surface area contributed by atoms with E-state index in [1.165, 1.54) is 11.3 Å². The molecular formula is C11H13Cl2NO2S. The molecule has 3 nitrogen and oxygen atoms in total. The Hall–Kier alpha value is -0.290. The first kappa shape index (κ1) is 13.1. The number of nitrogens with one attached hydrogen (secondary N) is 1. The number of thiophene rings is 1. The van der Waals surface area contributed by atoms with Gasteiger partial charge in [0.15, 0.2) is 0 Å². The highest BCUT2D eigenvalue weighted by Gasteiger charge is 2.35. The average molecular weight is 294 g/mol. The van der Waals surface area contributed by atoms with Crippen molar-refractivity contribution in [2.45, 2.75) is 31.2 Å². The van der Waals surface area contributed by atoms with E-state index >= 15 is 0 Å². The number of aliphatic hydroxyl groups excluding tert-OH is 1. The van der Waals surface area contributed by atoms with Gasteiger partial charge in [0.2, 0.25) is 0 Å². The fourth-order valence-electron chi connectivity index (χ4n) is 2.18. The van der Waals surface area contributed by atoms with Gasteiger partial charge in [0.1, 0.15) is 4.34 Å². The van der Waals surface area contributed by atoms with Crippen LogP contribution in [0.5, 0.6) is 0 Å². The molecule has 1 saturated carbocycles. The van der Waals surface area contributed by atoms with Crippen molar-refractivity contribution in [2.24, 2.45) is 0 Å². The zero-order chi connectivity index (χ0) is 12.5. The molecule has 0 bridgehead atoms. The molecule has 0 spiro atoms. The molecule has 2 N–H and O–H groups in total. The first-order chi connectivity index (χ1) is 8.06. The van der Waals surface area contributed by atoms with E-state index in [1.807, 2.05) is 0 Å². The lowest BCUT2D eigenvalue weighted by Gasteiger charge is -2.27. The van der Waals surface area contributed by atoms with Gasteiger partial charge in [-0.2, -0.15) is 0 Å². The molecule has 1 amide bonds. The molecule has 0 unspecified atom stereocenters. The predicted octanol–water partition coefficient (Wildman–Crippen LogP) is 3.09. The molecule has 2 rings (SSSR count). The summed E-state index contributed by atoms with van der Waals surface area (Å²) >= 11 is 12.9. The summed E-state index contributed by atoms with van der Waals surface area (Å²) in [4.78, 5) is 12.0. The second-order valence-electron chi connectivity index (χ2n) is 4.34. The molecule has 94 valence electrons. The molecule has 0 atom stereocenters. The highest BCUT2D eigenvalue weighted by Crippen LogP contribution is 2.33. The van der Waals surface area contributed by atoms with Crippen LogP contribution >= 0.6 is 34.5 Å². The van der Waals surface area contributed by atoms with Crippen LogP contribution in [0.4, 0.5) is 0 Å². The van der Waals surface area contributed by atoms with Crippen LogP contribution in [-0.4, -0.2) is 23.2 Å². The molecule has 1 aromatic rings. The maximum absolute atomic E-state index is 12.0. The minimum atomic E-state index is -0.477. The average Bonchev–Trinajstić information content (AvgIpc) is 2.86. The monoisotopic (exact) mass is 293 g/mol. The van der Waals surface area contributed by atoms with Crippen molar-refractivity contribution in [1.29, 1.82) is 0 Å². The van der Waals surface area contributed by atoms with Crippen molar-refractivity contribution in [3.05, 3.63) is 20.3 Å². The smallest absolute Gasteiger partial charge is 0.254 e. The highest BCUT2D eigenvalue weighted by atomic mass is 35.5. The Morgan fingerprint density at radius 3 is 2.59 bits per heavy atom. The third-order valence-corrected chi connectivity index (χ3v) is 4.63. The summed E-state index contributed by atoms with van der Waals surface area (Å²) in [6.45, 7) is -0.0335. The SMILES string of the molecule is O=C(NC1(CO)CCCC1)c1cc(Cl)sc1Cl. The first-order valence-corrected chi connectivity index (χ1v) is 7.02. The number of carbonyl (C=O) groups excluding carboxylic acids is 1. The Bertz CT molecular complexity index is 427. The maximum Gasteiger partial charge on any atom is 0.254 e. The van der Waals surface area contributed by atoms with Gasteiger partial charge < -0.3 is 10.4 Å². The van der Waals surface area contributed by atoms with Gasteiger partial charge in [0, 0.05) is 0 Å². The Kier molecular flexibility index (Phi) is 3.98. The zero-order valence-electron chi connectivity index (χ0n) is 9.13. The Morgan fingerprint density at radius 1 is 1.47 bits per heavy atom. The van der Waals surface area contributed by atoms with Crippen molar-refractivity contribution >= 4 is 40.4 Å². The summed E-state index contributed by atoms with van der Waals surface area (Å²) in [7, 11) is 0. The highest BCUT2D eigenvalue weighted by molar-refractivity contribution is 7.20. The van der Waals surface area contributed by atoms with E-state index in [2.05, 4.69) is 5.32 Å². The lowest BCUT2D eigenvalue weighted by molar-refractivity contribution is 0.0839. The number of aliphatic hydroxyl groups is 1. The molecule has 1 aliphatic carbocycles. The van der Waals surface area contributed by atoms with Crippen LogP contribution in [0.15, 0.2) is 6.07 Å². The molecule has 0 radical (unpaired) electrons. The topological polar surface area (TPSA) is 49.3 Å². The van der Waals surface area contributed by atoms with Crippen LogP contribution < -0.4 is 5.32 Å². The van der Waals surface area contributed by atoms with E-state index in [9.17, 15) is 9.90 Å². The van der Waals surface area contributed by atoms with Crippen LogP contribution in [0.1, 0.15) is 36.0 Å². The van der Waals surface area contributed by atoms with Gasteiger partial charge in [-0.25, -0.2) is 0 Å². The second kappa shape index (κ2) is 5.14. The molecular weight excluding hydrogens is 281 g/mol. The number of carbonyl (C=O) groups is 1. The lowest BCUT2D eigenvalue weighted by atomic mass is 9.98. The third-order valence-electron chi connectivity index (χ3n) is 3.14. The molecule has 1 heterocycles. The Balaban J connectivity index is 2.13. The number of hydrogen-bond donors (Lipinski definition) is 2. The van der Waals surface area contributed by atoms with Crippen molar-refractivity contribution in [1.82, 2.24) is 5.32 Å². The van der Waals surface area contributed by atoms with E-state index in [0.717, 1.165) is 25.7 Å². The van der Waals surface area contributed by atoms with Crippen LogP contribution in [-0.2, 0) is 0 Å². The molecule has 0 saturated heterocycles. The number of halogens is 2. The van der Waals surface area contributed by atoms with Crippen molar-refractivity contribution in [3.8, 4) is 0 Å². The van der Waals surface area contributed by atoms with E-state index < -0.39 is 5.54 Å². The minimum absolute atomic E-state index is 0.0335. The predicted molar refractivity (Wildman–Crippen MR) is 70.1 cm³/mol. The molecule has 0 aromatic carbocycles. The molecule has 1 fully saturated rings. The van der Waals surface area contributed by atoms with E-state index in [-0.39, 0.29) is 12.5 Å². The summed E-state index contributed by atoms with van der Waals surface area (Å²) < 4.78 is 0.878. The number of rotatable bonds is 3. The van der Waals surface area contributed by atoms with Crippen LogP contribution in [0.3, 0.4) is 0 Å². The van der Waals surface area contributed by atoms with Gasteiger partial charge in [-0.05, 0) is 18.9 Å². The van der Waals surface area contributed by atoms with Crippen molar-refractivity contribution in [2.75, 3.05) is 6.61 Å². The zero-order valence-corrected chi connectivity index (χ0v) is 11.5. The van der Waals surface area contributed by atoms with Crippen LogP contribution in [0, 0.1) is 0 Å². The quantitative estimate of drug-likeness (QED) is 0.900. The van der Waals surface area contributed by atoms with Crippen LogP contribution in [0.2, 0.25) is 8.67 Å². The summed E-state index contributed by atoms with van der Waals surface area (Å²) in [5.74, 6) is -0.255. The van der Waals surface area contributed by atoms with E-state index in [1.54, 1.807) is 6.07 Å². The minimum Gasteiger partial charge on any atom is -0.394 e. The van der Waals surface area contributed by atoms with Gasteiger partial charge >= 0.3 is 0 Å². The lowest BCUT2D eigenvalue weighted by Crippen LogP contribution is -2.49. The Labute approximate surface area is 114 Å². The maximum atomic E-state index is 12.0. The largest absolute Gasteiger partial charge is 0.394 e. The molecule has 1 aliphatic rings. The molecule has 1 aromatic heterocycles. The van der Waals surface area contributed by atoms with Crippen molar-refractivity contribution in [3.63, 3.8) is 0 Å². The summed E-state index contributed by atoms with van der Waals surface area (Å²) in [5.41, 5.74) is -0.0872. The van der Waals surface area contributed by atoms with Gasteiger partial charge in [0.25, 0.3) is 5.91 Å². The molecule has 6 heteroatoms. The van der Waals surface area contributed by atoms with E-state index in [4.69, 9.17) is 23.2 Å². The van der Waals surface area contributed by atoms with Gasteiger partial charge in [-0.15, -0.1) is 11.3 Å².